The molecule has 0 bridgehead atoms. The number of rotatable bonds is 7. The molecule has 2 N–H and O–H groups in total. The zero-order valence-electron chi connectivity index (χ0n) is 16.8. The Morgan fingerprint density at radius 3 is 1.73 bits per heavy atom. The highest BCUT2D eigenvalue weighted by atomic mass is 16.5. The van der Waals surface area contributed by atoms with Crippen molar-refractivity contribution in [2.75, 3.05) is 6.54 Å². The molecule has 0 saturated heterocycles. The summed E-state index contributed by atoms with van der Waals surface area (Å²) in [7, 11) is 0. The Hall–Kier alpha value is -1.92. The number of hydrogen-bond donors (Lipinski definition) is 2. The van der Waals surface area contributed by atoms with Crippen LogP contribution in [0.15, 0.2) is 18.2 Å². The second-order valence-corrected chi connectivity index (χ2v) is 8.04. The van der Waals surface area contributed by atoms with Crippen LogP contribution in [-0.2, 0) is 9.59 Å². The van der Waals surface area contributed by atoms with Crippen molar-refractivity contribution in [3.63, 3.8) is 0 Å². The predicted molar refractivity (Wildman–Crippen MR) is 100 cm³/mol. The first kappa shape index (κ1) is 22.1. The average molecular weight is 365 g/mol. The molecular formula is C20H31NO5. The Morgan fingerprint density at radius 2 is 1.38 bits per heavy atom. The minimum absolute atomic E-state index is 0.157. The van der Waals surface area contributed by atoms with Crippen molar-refractivity contribution in [1.29, 1.82) is 0 Å². The number of carbonyl (C=O) groups is 2. The molecule has 0 saturated carbocycles. The maximum atomic E-state index is 11.9. The van der Waals surface area contributed by atoms with Gasteiger partial charge in [-0.3, -0.25) is 9.59 Å². The monoisotopic (exact) mass is 365 g/mol. The summed E-state index contributed by atoms with van der Waals surface area (Å²) in [6.07, 6.45) is -0.844. The third-order valence-corrected chi connectivity index (χ3v) is 3.49. The Balaban J connectivity index is 3.10. The van der Waals surface area contributed by atoms with E-state index in [1.807, 2.05) is 20.8 Å². The molecule has 0 unspecified atom stereocenters. The van der Waals surface area contributed by atoms with Crippen LogP contribution in [0.5, 0.6) is 11.5 Å². The smallest absolute Gasteiger partial charge is 0.313 e. The Morgan fingerprint density at radius 1 is 0.962 bits per heavy atom. The molecule has 0 aliphatic rings. The van der Waals surface area contributed by atoms with Gasteiger partial charge in [0.05, 0.1) is 17.9 Å². The topological polar surface area (TPSA) is 84.9 Å². The summed E-state index contributed by atoms with van der Waals surface area (Å²) in [5.74, 6) is -0.915. The quantitative estimate of drug-likeness (QED) is 0.570. The van der Waals surface area contributed by atoms with Crippen molar-refractivity contribution in [1.82, 2.24) is 5.32 Å². The first-order chi connectivity index (χ1) is 11.9. The van der Waals surface area contributed by atoms with Crippen LogP contribution >= 0.6 is 0 Å². The van der Waals surface area contributed by atoms with E-state index >= 15 is 0 Å². The second-order valence-electron chi connectivity index (χ2n) is 8.04. The summed E-state index contributed by atoms with van der Waals surface area (Å²) in [6, 6.07) is 4.65. The highest BCUT2D eigenvalue weighted by Crippen LogP contribution is 2.28. The molecule has 1 aromatic carbocycles. The van der Waals surface area contributed by atoms with Gasteiger partial charge in [0.2, 0.25) is 0 Å². The van der Waals surface area contributed by atoms with Crippen molar-refractivity contribution >= 4 is 11.9 Å². The molecule has 0 aromatic heterocycles. The predicted octanol–water partition coefficient (Wildman–Crippen LogP) is 3.23. The Kier molecular flexibility index (Phi) is 7.78. The number of esters is 2. The molecule has 1 atom stereocenters. The van der Waals surface area contributed by atoms with E-state index in [9.17, 15) is 14.7 Å². The van der Waals surface area contributed by atoms with Crippen molar-refractivity contribution < 1.29 is 24.2 Å². The maximum Gasteiger partial charge on any atom is 0.313 e. The summed E-state index contributed by atoms with van der Waals surface area (Å²) in [5.41, 5.74) is 0.345. The van der Waals surface area contributed by atoms with Crippen LogP contribution in [0.4, 0.5) is 0 Å². The number of β-amino-alcohol motifs (C(OH)–C–C–N with tert-alkyl or cyclic N) is 1. The number of aliphatic hydroxyl groups is 1. The molecule has 1 rings (SSSR count). The SMILES string of the molecule is CC(C)C(=O)Oc1cc(OC(=O)C(C)C)cc([C@H](O)CNC(C)(C)C)c1. The first-order valence-electron chi connectivity index (χ1n) is 8.90. The van der Waals surface area contributed by atoms with Gasteiger partial charge in [0, 0.05) is 18.2 Å². The number of benzene rings is 1. The largest absolute Gasteiger partial charge is 0.426 e. The summed E-state index contributed by atoms with van der Waals surface area (Å²) in [4.78, 5) is 23.8. The van der Waals surface area contributed by atoms with Gasteiger partial charge in [0.15, 0.2) is 0 Å². The van der Waals surface area contributed by atoms with Gasteiger partial charge in [0.1, 0.15) is 11.5 Å². The number of aliphatic hydroxyl groups excluding tert-OH is 1. The van der Waals surface area contributed by atoms with E-state index in [1.54, 1.807) is 39.8 Å². The van der Waals surface area contributed by atoms with Crippen LogP contribution in [0.25, 0.3) is 0 Å². The lowest BCUT2D eigenvalue weighted by Gasteiger charge is -2.23. The second kappa shape index (κ2) is 9.14. The van der Waals surface area contributed by atoms with E-state index in [4.69, 9.17) is 9.47 Å². The fourth-order valence-electron chi connectivity index (χ4n) is 1.89. The minimum Gasteiger partial charge on any atom is -0.426 e. The van der Waals surface area contributed by atoms with E-state index in [0.29, 0.717) is 12.1 Å². The summed E-state index contributed by atoms with van der Waals surface area (Å²) in [5, 5.41) is 13.7. The highest BCUT2D eigenvalue weighted by Gasteiger charge is 2.19. The molecule has 0 aliphatic heterocycles. The minimum atomic E-state index is -0.844. The molecule has 6 heteroatoms. The van der Waals surface area contributed by atoms with Crippen molar-refractivity contribution in [3.05, 3.63) is 23.8 Å². The standard InChI is InChI=1S/C20H31NO5/c1-12(2)18(23)25-15-8-14(17(22)11-21-20(5,6)7)9-16(10-15)26-19(24)13(3)4/h8-10,12-13,17,21-22H,11H2,1-7H3/t17-/m1/s1. The van der Waals surface area contributed by atoms with E-state index < -0.39 is 18.0 Å². The lowest BCUT2D eigenvalue weighted by atomic mass is 10.1. The van der Waals surface area contributed by atoms with Gasteiger partial charge in [0.25, 0.3) is 0 Å². The molecule has 0 spiro atoms. The van der Waals surface area contributed by atoms with Crippen molar-refractivity contribution in [3.8, 4) is 11.5 Å². The van der Waals surface area contributed by atoms with Crippen LogP contribution in [0, 0.1) is 11.8 Å². The summed E-state index contributed by atoms with van der Waals surface area (Å²) >= 11 is 0. The highest BCUT2D eigenvalue weighted by molar-refractivity contribution is 5.76. The Bertz CT molecular complexity index is 591. The van der Waals surface area contributed by atoms with Crippen molar-refractivity contribution in [2.45, 2.75) is 60.1 Å². The molecular weight excluding hydrogens is 334 g/mol. The maximum absolute atomic E-state index is 11.9. The van der Waals surface area contributed by atoms with Crippen LogP contribution in [0.2, 0.25) is 0 Å². The fourth-order valence-corrected chi connectivity index (χ4v) is 1.89. The van der Waals surface area contributed by atoms with E-state index in [2.05, 4.69) is 5.32 Å². The Labute approximate surface area is 155 Å². The molecule has 0 radical (unpaired) electrons. The zero-order valence-corrected chi connectivity index (χ0v) is 16.8. The molecule has 26 heavy (non-hydrogen) atoms. The third kappa shape index (κ3) is 7.54. The summed E-state index contributed by atoms with van der Waals surface area (Å²) < 4.78 is 10.7. The number of nitrogens with one attached hydrogen (secondary N) is 1. The molecule has 1 aromatic rings. The van der Waals surface area contributed by atoms with Crippen molar-refractivity contribution in [2.24, 2.45) is 11.8 Å². The summed E-state index contributed by atoms with van der Waals surface area (Å²) in [6.45, 7) is 13.2. The van der Waals surface area contributed by atoms with Crippen LogP contribution < -0.4 is 14.8 Å². The van der Waals surface area contributed by atoms with Crippen LogP contribution in [-0.4, -0.2) is 29.1 Å². The molecule has 0 heterocycles. The molecule has 0 amide bonds. The lowest BCUT2D eigenvalue weighted by molar-refractivity contribution is -0.138. The van der Waals surface area contributed by atoms with Gasteiger partial charge in [-0.15, -0.1) is 0 Å². The molecule has 6 nitrogen and oxygen atoms in total. The third-order valence-electron chi connectivity index (χ3n) is 3.49. The first-order valence-corrected chi connectivity index (χ1v) is 8.90. The normalized spacial score (nSPS) is 13.0. The van der Waals surface area contributed by atoms with Crippen LogP contribution in [0.3, 0.4) is 0 Å². The fraction of sp³-hybridized carbons (Fsp3) is 0.600. The van der Waals surface area contributed by atoms with Gasteiger partial charge in [-0.1, -0.05) is 27.7 Å². The van der Waals surface area contributed by atoms with Crippen LogP contribution in [0.1, 0.15) is 60.1 Å². The van der Waals surface area contributed by atoms with E-state index in [-0.39, 0.29) is 28.9 Å². The zero-order chi connectivity index (χ0) is 20.1. The molecule has 0 fully saturated rings. The van der Waals surface area contributed by atoms with Gasteiger partial charge >= 0.3 is 11.9 Å². The van der Waals surface area contributed by atoms with Gasteiger partial charge in [-0.2, -0.15) is 0 Å². The number of carbonyl (C=O) groups excluding carboxylic acids is 2. The van der Waals surface area contributed by atoms with E-state index in [1.165, 1.54) is 6.07 Å². The van der Waals surface area contributed by atoms with Gasteiger partial charge < -0.3 is 19.9 Å². The van der Waals surface area contributed by atoms with E-state index in [0.717, 1.165) is 0 Å². The average Bonchev–Trinajstić information content (AvgIpc) is 2.51. The van der Waals surface area contributed by atoms with Gasteiger partial charge in [-0.25, -0.2) is 0 Å². The molecule has 0 aliphatic carbocycles. The lowest BCUT2D eigenvalue weighted by Crippen LogP contribution is -2.38. The van der Waals surface area contributed by atoms with Gasteiger partial charge in [-0.05, 0) is 38.5 Å². The number of ether oxygens (including phenoxy) is 2. The number of hydrogen-bond acceptors (Lipinski definition) is 6. The molecule has 146 valence electrons.